The lowest BCUT2D eigenvalue weighted by molar-refractivity contribution is -0.0469. The van der Waals surface area contributed by atoms with Crippen molar-refractivity contribution in [1.29, 1.82) is 0 Å². The van der Waals surface area contributed by atoms with Crippen molar-refractivity contribution in [2.45, 2.75) is 38.2 Å². The first-order chi connectivity index (χ1) is 10.3. The fraction of sp³-hybridized carbons (Fsp3) is 0.500. The van der Waals surface area contributed by atoms with Crippen LogP contribution in [0.15, 0.2) is 28.8 Å². The number of benzene rings is 1. The average Bonchev–Trinajstić information content (AvgIpc) is 3.17. The Morgan fingerprint density at radius 2 is 1.95 bits per heavy atom. The number of hydrogen-bond acceptors (Lipinski definition) is 5. The second-order valence-electron chi connectivity index (χ2n) is 5.38. The molecule has 0 amide bonds. The molecular weight excluding hydrogens is 266 g/mol. The molecule has 1 fully saturated rings. The van der Waals surface area contributed by atoms with Crippen molar-refractivity contribution in [2.24, 2.45) is 0 Å². The summed E-state index contributed by atoms with van der Waals surface area (Å²) in [5, 5.41) is 7.27. The van der Waals surface area contributed by atoms with E-state index in [1.54, 1.807) is 0 Å². The van der Waals surface area contributed by atoms with E-state index in [1.807, 2.05) is 38.2 Å². The van der Waals surface area contributed by atoms with Gasteiger partial charge < -0.3 is 14.6 Å². The second-order valence-corrected chi connectivity index (χ2v) is 5.38. The van der Waals surface area contributed by atoms with Crippen LogP contribution < -0.4 is 5.32 Å². The molecule has 1 heterocycles. The predicted octanol–water partition coefficient (Wildman–Crippen LogP) is 3.58. The Bertz CT molecular complexity index is 586. The van der Waals surface area contributed by atoms with Crippen molar-refractivity contribution in [1.82, 2.24) is 10.1 Å². The minimum atomic E-state index is -0.346. The van der Waals surface area contributed by atoms with Gasteiger partial charge in [0.15, 0.2) is 0 Å². The number of ether oxygens (including phenoxy) is 1. The molecule has 1 aliphatic carbocycles. The Hall–Kier alpha value is -1.88. The van der Waals surface area contributed by atoms with Crippen molar-refractivity contribution < 1.29 is 9.26 Å². The molecule has 5 nitrogen and oxygen atoms in total. The molecule has 1 aliphatic rings. The van der Waals surface area contributed by atoms with Crippen LogP contribution in [0.4, 0.5) is 5.69 Å². The topological polar surface area (TPSA) is 60.2 Å². The number of anilines is 1. The number of nitrogens with one attached hydrogen (secondary N) is 1. The van der Waals surface area contributed by atoms with Crippen LogP contribution >= 0.6 is 0 Å². The van der Waals surface area contributed by atoms with E-state index in [0.717, 1.165) is 36.9 Å². The van der Waals surface area contributed by atoms with Crippen molar-refractivity contribution in [3.05, 3.63) is 30.1 Å². The van der Waals surface area contributed by atoms with E-state index in [9.17, 15) is 0 Å². The monoisotopic (exact) mass is 287 g/mol. The highest BCUT2D eigenvalue weighted by Crippen LogP contribution is 2.41. The molecule has 1 aromatic heterocycles. The van der Waals surface area contributed by atoms with Gasteiger partial charge in [-0.05, 0) is 56.9 Å². The summed E-state index contributed by atoms with van der Waals surface area (Å²) in [5.41, 5.74) is 1.64. The molecular formula is C16H21N3O2. The third kappa shape index (κ3) is 2.65. The van der Waals surface area contributed by atoms with E-state index < -0.39 is 0 Å². The molecule has 0 unspecified atom stereocenters. The molecule has 0 radical (unpaired) electrons. The van der Waals surface area contributed by atoms with Crippen LogP contribution in [0.1, 0.15) is 38.4 Å². The Kier molecular flexibility index (Phi) is 3.92. The van der Waals surface area contributed by atoms with E-state index in [4.69, 9.17) is 9.26 Å². The standard InChI is InChI=1S/C16H21N3O2/c1-3-20-16(10-4-5-11-16)15-18-14(21-19-15)12-6-8-13(17-2)9-7-12/h6-9,17H,3-5,10-11H2,1-2H3. The zero-order chi connectivity index (χ0) is 14.7. The maximum atomic E-state index is 5.97. The molecule has 2 aromatic rings. The average molecular weight is 287 g/mol. The number of aromatic nitrogens is 2. The van der Waals surface area contributed by atoms with Gasteiger partial charge in [0.25, 0.3) is 5.89 Å². The fourth-order valence-electron chi connectivity index (χ4n) is 2.96. The van der Waals surface area contributed by atoms with Crippen LogP contribution in [-0.2, 0) is 10.3 Å². The van der Waals surface area contributed by atoms with Crippen LogP contribution in [0.25, 0.3) is 11.5 Å². The van der Waals surface area contributed by atoms with Crippen LogP contribution in [-0.4, -0.2) is 23.8 Å². The van der Waals surface area contributed by atoms with E-state index in [0.29, 0.717) is 18.3 Å². The summed E-state index contributed by atoms with van der Waals surface area (Å²) < 4.78 is 11.4. The van der Waals surface area contributed by atoms with E-state index in [2.05, 4.69) is 15.5 Å². The third-order valence-electron chi connectivity index (χ3n) is 4.09. The summed E-state index contributed by atoms with van der Waals surface area (Å²) in [7, 11) is 1.89. The lowest BCUT2D eigenvalue weighted by Gasteiger charge is -2.24. The number of nitrogens with zero attached hydrogens (tertiary/aromatic N) is 2. The van der Waals surface area contributed by atoms with E-state index in [1.165, 1.54) is 0 Å². The van der Waals surface area contributed by atoms with Gasteiger partial charge in [0.05, 0.1) is 0 Å². The van der Waals surface area contributed by atoms with Gasteiger partial charge in [-0.25, -0.2) is 0 Å². The molecule has 0 spiro atoms. The normalized spacial score (nSPS) is 17.0. The van der Waals surface area contributed by atoms with Gasteiger partial charge in [0.1, 0.15) is 5.60 Å². The van der Waals surface area contributed by atoms with Gasteiger partial charge in [-0.1, -0.05) is 5.16 Å². The largest absolute Gasteiger partial charge is 0.388 e. The summed E-state index contributed by atoms with van der Waals surface area (Å²) in [6.07, 6.45) is 4.25. The molecule has 21 heavy (non-hydrogen) atoms. The highest BCUT2D eigenvalue weighted by Gasteiger charge is 2.40. The maximum Gasteiger partial charge on any atom is 0.258 e. The predicted molar refractivity (Wildman–Crippen MR) is 81.1 cm³/mol. The summed E-state index contributed by atoms with van der Waals surface area (Å²) in [4.78, 5) is 4.59. The Morgan fingerprint density at radius 3 is 2.57 bits per heavy atom. The van der Waals surface area contributed by atoms with Gasteiger partial charge in [0, 0.05) is 24.9 Å². The molecule has 1 N–H and O–H groups in total. The summed E-state index contributed by atoms with van der Waals surface area (Å²) in [5.74, 6) is 1.24. The lowest BCUT2D eigenvalue weighted by Crippen LogP contribution is -2.27. The first-order valence-electron chi connectivity index (χ1n) is 7.54. The van der Waals surface area contributed by atoms with Gasteiger partial charge in [-0.3, -0.25) is 0 Å². The van der Waals surface area contributed by atoms with E-state index in [-0.39, 0.29) is 5.60 Å². The summed E-state index contributed by atoms with van der Waals surface area (Å²) in [6, 6.07) is 7.94. The molecule has 0 bridgehead atoms. The van der Waals surface area contributed by atoms with Crippen molar-refractivity contribution in [2.75, 3.05) is 19.0 Å². The SMILES string of the molecule is CCOC1(c2noc(-c3ccc(NC)cc3)n2)CCCC1. The molecule has 5 heteroatoms. The fourth-order valence-corrected chi connectivity index (χ4v) is 2.96. The first-order valence-corrected chi connectivity index (χ1v) is 7.54. The Labute approximate surface area is 124 Å². The van der Waals surface area contributed by atoms with Crippen LogP contribution in [0.5, 0.6) is 0 Å². The van der Waals surface area contributed by atoms with Crippen LogP contribution in [0.2, 0.25) is 0 Å². The van der Waals surface area contributed by atoms with Crippen LogP contribution in [0.3, 0.4) is 0 Å². The highest BCUT2D eigenvalue weighted by atomic mass is 16.5. The van der Waals surface area contributed by atoms with Gasteiger partial charge in [-0.15, -0.1) is 0 Å². The summed E-state index contributed by atoms with van der Waals surface area (Å²) >= 11 is 0. The zero-order valence-corrected chi connectivity index (χ0v) is 12.6. The van der Waals surface area contributed by atoms with Crippen LogP contribution in [0, 0.1) is 0 Å². The minimum Gasteiger partial charge on any atom is -0.388 e. The molecule has 1 saturated carbocycles. The van der Waals surface area contributed by atoms with Crippen molar-refractivity contribution in [3.8, 4) is 11.5 Å². The van der Waals surface area contributed by atoms with Crippen molar-refractivity contribution >= 4 is 5.69 Å². The molecule has 1 aromatic carbocycles. The van der Waals surface area contributed by atoms with E-state index >= 15 is 0 Å². The summed E-state index contributed by atoms with van der Waals surface area (Å²) in [6.45, 7) is 2.68. The quantitative estimate of drug-likeness (QED) is 0.910. The molecule has 0 aliphatic heterocycles. The maximum absolute atomic E-state index is 5.97. The molecule has 0 atom stereocenters. The third-order valence-corrected chi connectivity index (χ3v) is 4.09. The second kappa shape index (κ2) is 5.85. The molecule has 112 valence electrons. The van der Waals surface area contributed by atoms with Gasteiger partial charge >= 0.3 is 0 Å². The van der Waals surface area contributed by atoms with Gasteiger partial charge in [0.2, 0.25) is 5.82 Å². The zero-order valence-electron chi connectivity index (χ0n) is 12.6. The number of hydrogen-bond donors (Lipinski definition) is 1. The minimum absolute atomic E-state index is 0.346. The smallest absolute Gasteiger partial charge is 0.258 e. The van der Waals surface area contributed by atoms with Crippen molar-refractivity contribution in [3.63, 3.8) is 0 Å². The lowest BCUT2D eigenvalue weighted by atomic mass is 10.0. The molecule has 3 rings (SSSR count). The Balaban J connectivity index is 1.87. The highest BCUT2D eigenvalue weighted by molar-refractivity contribution is 5.58. The van der Waals surface area contributed by atoms with Gasteiger partial charge in [-0.2, -0.15) is 4.98 Å². The number of rotatable bonds is 5. The Morgan fingerprint density at radius 1 is 1.24 bits per heavy atom. The first kappa shape index (κ1) is 14.1. The molecule has 0 saturated heterocycles.